The van der Waals surface area contributed by atoms with Crippen LogP contribution in [-0.2, 0) is 14.3 Å². The molecule has 0 aromatic heterocycles. The van der Waals surface area contributed by atoms with E-state index in [1.54, 1.807) is 69.3 Å². The summed E-state index contributed by atoms with van der Waals surface area (Å²) in [6.45, 7) is 4.80. The topological polar surface area (TPSA) is 114 Å². The van der Waals surface area contributed by atoms with Crippen LogP contribution in [0.3, 0.4) is 0 Å². The van der Waals surface area contributed by atoms with Gasteiger partial charge in [0.25, 0.3) is 5.91 Å². The van der Waals surface area contributed by atoms with Gasteiger partial charge in [0.1, 0.15) is 5.60 Å². The Morgan fingerprint density at radius 2 is 1.47 bits per heavy atom. The van der Waals surface area contributed by atoms with Gasteiger partial charge in [-0.25, -0.2) is 9.59 Å². The maximum atomic E-state index is 12.2. The quantitative estimate of drug-likeness (QED) is 0.465. The molecule has 0 radical (unpaired) electrons. The monoisotopic (exact) mass is 462 g/mol. The molecule has 0 aliphatic rings. The zero-order chi connectivity index (χ0) is 25.1. The zero-order valence-electron chi connectivity index (χ0n) is 19.4. The minimum absolute atomic E-state index is 0.305. The van der Waals surface area contributed by atoms with E-state index in [-0.39, 0.29) is 0 Å². The second-order valence-corrected chi connectivity index (χ2v) is 8.01. The van der Waals surface area contributed by atoms with Crippen LogP contribution in [0.1, 0.15) is 42.3 Å². The van der Waals surface area contributed by atoms with Crippen molar-refractivity contribution in [3.8, 4) is 23.7 Å². The summed E-state index contributed by atoms with van der Waals surface area (Å²) in [6, 6.07) is 12.2. The van der Waals surface area contributed by atoms with Crippen LogP contribution in [0.2, 0.25) is 0 Å². The Bertz CT molecular complexity index is 1140. The first kappa shape index (κ1) is 26.0. The Hall–Kier alpha value is -4.27. The second kappa shape index (κ2) is 12.1. The third-order valence-corrected chi connectivity index (χ3v) is 4.13. The molecule has 2 amide bonds. The summed E-state index contributed by atoms with van der Waals surface area (Å²) >= 11 is 0. The number of aliphatic hydroxyl groups excluding tert-OH is 1. The molecular weight excluding hydrogens is 436 g/mol. The fourth-order valence-electron chi connectivity index (χ4n) is 2.53. The molecule has 3 N–H and O–H groups in total. The first-order valence-electron chi connectivity index (χ1n) is 10.3. The second-order valence-electron chi connectivity index (χ2n) is 8.01. The highest BCUT2D eigenvalue weighted by Gasteiger charge is 2.21. The molecule has 0 aliphatic carbocycles. The highest BCUT2D eigenvalue weighted by atomic mass is 16.6. The summed E-state index contributed by atoms with van der Waals surface area (Å²) in [7, 11) is 1.17. The lowest BCUT2D eigenvalue weighted by molar-refractivity contribution is -0.143. The summed E-state index contributed by atoms with van der Waals surface area (Å²) in [5.74, 6) is 10.0. The molecule has 0 fully saturated rings. The molecule has 0 saturated carbocycles. The number of hydrogen-bond acceptors (Lipinski definition) is 6. The molecule has 1 unspecified atom stereocenters. The minimum Gasteiger partial charge on any atom is -0.467 e. The maximum absolute atomic E-state index is 12.2. The average molecular weight is 463 g/mol. The number of carbonyl (C=O) groups is 3. The lowest BCUT2D eigenvalue weighted by Crippen LogP contribution is -2.44. The Morgan fingerprint density at radius 1 is 0.941 bits per heavy atom. The number of nitrogens with one attached hydrogen (secondary N) is 2. The van der Waals surface area contributed by atoms with Gasteiger partial charge in [-0.2, -0.15) is 0 Å². The van der Waals surface area contributed by atoms with E-state index in [0.29, 0.717) is 16.8 Å². The van der Waals surface area contributed by atoms with Gasteiger partial charge in [0.05, 0.1) is 13.7 Å². The van der Waals surface area contributed by atoms with Crippen molar-refractivity contribution in [1.29, 1.82) is 0 Å². The normalized spacial score (nSPS) is 11.0. The summed E-state index contributed by atoms with van der Waals surface area (Å²) in [6.07, 6.45) is -0.530. The van der Waals surface area contributed by atoms with Crippen molar-refractivity contribution in [2.75, 3.05) is 19.0 Å². The van der Waals surface area contributed by atoms with Crippen LogP contribution in [0.5, 0.6) is 0 Å². The van der Waals surface area contributed by atoms with E-state index in [0.717, 1.165) is 5.56 Å². The Labute approximate surface area is 198 Å². The van der Waals surface area contributed by atoms with Gasteiger partial charge in [-0.15, -0.1) is 0 Å². The molecule has 176 valence electrons. The Balaban J connectivity index is 1.94. The molecule has 0 bridgehead atoms. The fourth-order valence-corrected chi connectivity index (χ4v) is 2.53. The Morgan fingerprint density at radius 3 is 1.94 bits per heavy atom. The first-order valence-corrected chi connectivity index (χ1v) is 10.3. The SMILES string of the molecule is COC(=O)C(CO)NC(=O)c1ccc(C#CC#Cc2ccc(NC(=O)OC(C)(C)C)cc2)cc1. The zero-order valence-corrected chi connectivity index (χ0v) is 19.4. The molecule has 34 heavy (non-hydrogen) atoms. The number of anilines is 1. The van der Waals surface area contributed by atoms with Gasteiger partial charge >= 0.3 is 12.1 Å². The molecule has 8 heteroatoms. The molecule has 0 saturated heterocycles. The van der Waals surface area contributed by atoms with Crippen LogP contribution in [0.4, 0.5) is 10.5 Å². The van der Waals surface area contributed by atoms with Crippen LogP contribution in [-0.4, -0.2) is 48.4 Å². The molecule has 8 nitrogen and oxygen atoms in total. The van der Waals surface area contributed by atoms with Crippen molar-refractivity contribution in [3.05, 3.63) is 65.2 Å². The number of carbonyl (C=O) groups excluding carboxylic acids is 3. The number of amides is 2. The largest absolute Gasteiger partial charge is 0.467 e. The van der Waals surface area contributed by atoms with Crippen molar-refractivity contribution < 1.29 is 29.0 Å². The van der Waals surface area contributed by atoms with Gasteiger partial charge in [-0.3, -0.25) is 10.1 Å². The molecule has 2 aromatic rings. The number of aliphatic hydroxyl groups is 1. The summed E-state index contributed by atoms with van der Waals surface area (Å²) < 4.78 is 9.72. The van der Waals surface area contributed by atoms with E-state index in [4.69, 9.17) is 4.74 Å². The van der Waals surface area contributed by atoms with E-state index in [1.165, 1.54) is 7.11 Å². The molecule has 1 atom stereocenters. The predicted octanol–water partition coefficient (Wildman–Crippen LogP) is 2.70. The van der Waals surface area contributed by atoms with Crippen molar-refractivity contribution >= 4 is 23.7 Å². The number of hydrogen-bond donors (Lipinski definition) is 3. The fraction of sp³-hybridized carbons (Fsp3) is 0.269. The van der Waals surface area contributed by atoms with Gasteiger partial charge in [0.15, 0.2) is 6.04 Å². The van der Waals surface area contributed by atoms with Crippen molar-refractivity contribution in [1.82, 2.24) is 5.32 Å². The highest BCUT2D eigenvalue weighted by Crippen LogP contribution is 2.12. The average Bonchev–Trinajstić information content (AvgIpc) is 2.79. The third kappa shape index (κ3) is 8.70. The third-order valence-electron chi connectivity index (χ3n) is 4.13. The highest BCUT2D eigenvalue weighted by molar-refractivity contribution is 5.96. The number of esters is 1. The molecule has 0 heterocycles. The van der Waals surface area contributed by atoms with E-state index in [1.807, 2.05) is 0 Å². The van der Waals surface area contributed by atoms with Crippen molar-refractivity contribution in [2.24, 2.45) is 0 Å². The lowest BCUT2D eigenvalue weighted by Gasteiger charge is -2.19. The van der Waals surface area contributed by atoms with Crippen LogP contribution in [0, 0.1) is 23.7 Å². The first-order chi connectivity index (χ1) is 16.1. The van der Waals surface area contributed by atoms with Crippen LogP contribution >= 0.6 is 0 Å². The van der Waals surface area contributed by atoms with Crippen molar-refractivity contribution in [2.45, 2.75) is 32.4 Å². The van der Waals surface area contributed by atoms with Crippen molar-refractivity contribution in [3.63, 3.8) is 0 Å². The lowest BCUT2D eigenvalue weighted by atomic mass is 10.1. The number of methoxy groups -OCH3 is 1. The van der Waals surface area contributed by atoms with Crippen LogP contribution in [0.25, 0.3) is 0 Å². The summed E-state index contributed by atoms with van der Waals surface area (Å²) in [5.41, 5.74) is 1.69. The molecule has 2 rings (SSSR count). The molecule has 0 aliphatic heterocycles. The van der Waals surface area contributed by atoms with E-state index in [2.05, 4.69) is 39.1 Å². The van der Waals surface area contributed by atoms with Gasteiger partial charge in [0.2, 0.25) is 0 Å². The van der Waals surface area contributed by atoms with E-state index < -0.39 is 36.2 Å². The Kier molecular flexibility index (Phi) is 9.25. The smallest absolute Gasteiger partial charge is 0.412 e. The van der Waals surface area contributed by atoms with Gasteiger partial charge in [0, 0.05) is 22.4 Å². The minimum atomic E-state index is -1.13. The van der Waals surface area contributed by atoms with Gasteiger partial charge < -0.3 is 19.9 Å². The number of benzene rings is 2. The maximum Gasteiger partial charge on any atom is 0.412 e. The van der Waals surface area contributed by atoms with Crippen LogP contribution < -0.4 is 10.6 Å². The van der Waals surface area contributed by atoms with Gasteiger partial charge in [-0.05, 0) is 81.1 Å². The summed E-state index contributed by atoms with van der Waals surface area (Å²) in [5, 5.41) is 14.2. The number of rotatable bonds is 5. The van der Waals surface area contributed by atoms with E-state index in [9.17, 15) is 19.5 Å². The molecule has 0 spiro atoms. The van der Waals surface area contributed by atoms with Crippen LogP contribution in [0.15, 0.2) is 48.5 Å². The standard InChI is InChI=1S/C26H26N2O6/c1-26(2,3)34-25(32)27-21-15-11-19(12-16-21)8-6-5-7-18-9-13-20(14-10-18)23(30)28-22(17-29)24(31)33-4/h9-16,22,29H,17H2,1-4H3,(H,27,32)(H,28,30). The molecular formula is C26H26N2O6. The van der Waals surface area contributed by atoms with E-state index >= 15 is 0 Å². The summed E-state index contributed by atoms with van der Waals surface area (Å²) in [4.78, 5) is 35.4. The molecule has 2 aromatic carbocycles. The predicted molar refractivity (Wildman–Crippen MR) is 127 cm³/mol. The van der Waals surface area contributed by atoms with Gasteiger partial charge in [-0.1, -0.05) is 11.8 Å². The number of ether oxygens (including phenoxy) is 2.